The molecule has 0 aromatic heterocycles. The van der Waals surface area contributed by atoms with Gasteiger partial charge in [0.25, 0.3) is 0 Å². The van der Waals surface area contributed by atoms with Gasteiger partial charge in [0.05, 0.1) is 23.3 Å². The highest BCUT2D eigenvalue weighted by atomic mass is 31.2. The van der Waals surface area contributed by atoms with Crippen molar-refractivity contribution in [1.29, 1.82) is 10.5 Å². The molecule has 0 saturated carbocycles. The second-order valence-electron chi connectivity index (χ2n) is 8.42. The smallest absolute Gasteiger partial charge is 0.171 e. The van der Waals surface area contributed by atoms with E-state index in [9.17, 15) is 15.1 Å². The van der Waals surface area contributed by atoms with Gasteiger partial charge < -0.3 is 4.57 Å². The molecule has 5 rings (SSSR count). The van der Waals surface area contributed by atoms with E-state index in [1.807, 2.05) is 115 Å². The van der Waals surface area contributed by atoms with Crippen LogP contribution >= 0.6 is 7.14 Å². The number of nitriles is 2. The number of rotatable bonds is 5. The van der Waals surface area contributed by atoms with Crippen LogP contribution in [-0.4, -0.2) is 0 Å². The average molecular weight is 481 g/mol. The maximum Gasteiger partial charge on any atom is 0.171 e. The third-order valence-electron chi connectivity index (χ3n) is 6.23. The summed E-state index contributed by atoms with van der Waals surface area (Å²) in [5.41, 5.74) is 5.02. The molecule has 0 aliphatic carbocycles. The number of benzene rings is 5. The monoisotopic (exact) mass is 480 g/mol. The Balaban J connectivity index is 1.57. The number of hydrogen-bond donors (Lipinski definition) is 0. The minimum Gasteiger partial charge on any atom is -0.309 e. The molecule has 5 aromatic carbocycles. The second kappa shape index (κ2) is 9.89. The minimum atomic E-state index is -3.13. The van der Waals surface area contributed by atoms with Crippen LogP contribution in [0.1, 0.15) is 11.1 Å². The Morgan fingerprint density at radius 2 is 0.861 bits per heavy atom. The molecule has 0 bridgehead atoms. The lowest BCUT2D eigenvalue weighted by Gasteiger charge is -2.21. The first-order valence-corrected chi connectivity index (χ1v) is 13.2. The van der Waals surface area contributed by atoms with Gasteiger partial charge in [0, 0.05) is 15.9 Å². The van der Waals surface area contributed by atoms with E-state index in [4.69, 9.17) is 0 Å². The van der Waals surface area contributed by atoms with Crippen LogP contribution in [0, 0.1) is 22.7 Å². The zero-order valence-electron chi connectivity index (χ0n) is 19.4. The Bertz CT molecular complexity index is 1550. The van der Waals surface area contributed by atoms with Gasteiger partial charge in [-0.05, 0) is 46.5 Å². The Morgan fingerprint density at radius 3 is 1.28 bits per heavy atom. The van der Waals surface area contributed by atoms with Gasteiger partial charge >= 0.3 is 0 Å². The van der Waals surface area contributed by atoms with Crippen molar-refractivity contribution >= 4 is 23.1 Å². The van der Waals surface area contributed by atoms with E-state index < -0.39 is 7.14 Å². The Labute approximate surface area is 210 Å². The van der Waals surface area contributed by atoms with Crippen molar-refractivity contribution in [2.24, 2.45) is 0 Å². The zero-order chi connectivity index (χ0) is 25.0. The van der Waals surface area contributed by atoms with E-state index in [0.29, 0.717) is 11.1 Å². The summed E-state index contributed by atoms with van der Waals surface area (Å²) in [6, 6.07) is 44.4. The van der Waals surface area contributed by atoms with Crippen molar-refractivity contribution < 1.29 is 4.57 Å². The molecule has 0 radical (unpaired) electrons. The van der Waals surface area contributed by atoms with Gasteiger partial charge in [-0.3, -0.25) is 0 Å². The van der Waals surface area contributed by atoms with Crippen molar-refractivity contribution in [3.8, 4) is 34.4 Å². The van der Waals surface area contributed by atoms with E-state index in [1.54, 1.807) is 12.1 Å². The van der Waals surface area contributed by atoms with Crippen LogP contribution in [0.5, 0.6) is 0 Å². The SMILES string of the molecule is N#Cc1cccc(-c2ccc(P(=O)(c3ccccc3)c3ccc(-c4cccc(C#N)c4)cc3)cc2)c1. The first-order valence-electron chi connectivity index (χ1n) is 11.5. The molecule has 5 aromatic rings. The van der Waals surface area contributed by atoms with Gasteiger partial charge in [-0.1, -0.05) is 103 Å². The highest BCUT2D eigenvalue weighted by Crippen LogP contribution is 2.43. The topological polar surface area (TPSA) is 64.7 Å². The molecular formula is C32H21N2OP. The first kappa shape index (κ1) is 23.1. The highest BCUT2D eigenvalue weighted by Gasteiger charge is 2.29. The molecule has 36 heavy (non-hydrogen) atoms. The fraction of sp³-hybridized carbons (Fsp3) is 0. The van der Waals surface area contributed by atoms with E-state index >= 15 is 0 Å². The fourth-order valence-electron chi connectivity index (χ4n) is 4.35. The second-order valence-corrected chi connectivity index (χ2v) is 11.2. The van der Waals surface area contributed by atoms with Crippen molar-refractivity contribution in [3.05, 3.63) is 139 Å². The normalized spacial score (nSPS) is 10.8. The largest absolute Gasteiger partial charge is 0.309 e. The van der Waals surface area contributed by atoms with Crippen LogP contribution in [0.4, 0.5) is 0 Å². The van der Waals surface area contributed by atoms with E-state index in [0.717, 1.165) is 38.2 Å². The van der Waals surface area contributed by atoms with Gasteiger partial charge in [-0.25, -0.2) is 0 Å². The lowest BCUT2D eigenvalue weighted by molar-refractivity contribution is 0.592. The van der Waals surface area contributed by atoms with E-state index in [-0.39, 0.29) is 0 Å². The molecule has 0 fully saturated rings. The maximum absolute atomic E-state index is 14.8. The lowest BCUT2D eigenvalue weighted by Crippen LogP contribution is -2.24. The van der Waals surface area contributed by atoms with Crippen molar-refractivity contribution in [3.63, 3.8) is 0 Å². The summed E-state index contributed by atoms with van der Waals surface area (Å²) in [6.45, 7) is 0. The minimum absolute atomic E-state index is 0.604. The predicted molar refractivity (Wildman–Crippen MR) is 146 cm³/mol. The van der Waals surface area contributed by atoms with Crippen molar-refractivity contribution in [1.82, 2.24) is 0 Å². The van der Waals surface area contributed by atoms with Gasteiger partial charge in [-0.2, -0.15) is 10.5 Å². The molecule has 3 nitrogen and oxygen atoms in total. The quantitative estimate of drug-likeness (QED) is 0.273. The third kappa shape index (κ3) is 4.37. The molecule has 0 heterocycles. The molecule has 4 heteroatoms. The molecule has 0 aliphatic heterocycles. The predicted octanol–water partition coefficient (Wildman–Crippen LogP) is 6.40. The summed E-state index contributed by atoms with van der Waals surface area (Å²) in [5, 5.41) is 20.7. The van der Waals surface area contributed by atoms with Gasteiger partial charge in [-0.15, -0.1) is 0 Å². The maximum atomic E-state index is 14.8. The fourth-order valence-corrected chi connectivity index (χ4v) is 6.97. The summed E-state index contributed by atoms with van der Waals surface area (Å²) in [4.78, 5) is 0. The van der Waals surface area contributed by atoms with E-state index in [1.165, 1.54) is 0 Å². The standard InChI is InChI=1S/C32H21N2OP/c33-22-24-6-4-8-28(20-24)26-12-16-31(17-13-26)36(35,30-10-2-1-3-11-30)32-18-14-27(15-19-32)29-9-5-7-25(21-29)23-34/h1-21H. The number of hydrogen-bond acceptors (Lipinski definition) is 3. The van der Waals surface area contributed by atoms with Gasteiger partial charge in [0.15, 0.2) is 7.14 Å². The molecular weight excluding hydrogens is 459 g/mol. The summed E-state index contributed by atoms with van der Waals surface area (Å²) in [5.74, 6) is 0. The van der Waals surface area contributed by atoms with Crippen LogP contribution < -0.4 is 15.9 Å². The van der Waals surface area contributed by atoms with Gasteiger partial charge in [0.1, 0.15) is 0 Å². The molecule has 0 saturated heterocycles. The molecule has 170 valence electrons. The van der Waals surface area contributed by atoms with Crippen molar-refractivity contribution in [2.45, 2.75) is 0 Å². The molecule has 0 spiro atoms. The Hall–Kier alpha value is -4.69. The Morgan fingerprint density at radius 1 is 0.444 bits per heavy atom. The Kier molecular flexibility index (Phi) is 6.34. The summed E-state index contributed by atoms with van der Waals surface area (Å²) >= 11 is 0. The van der Waals surface area contributed by atoms with Crippen LogP contribution in [0.15, 0.2) is 127 Å². The highest BCUT2D eigenvalue weighted by molar-refractivity contribution is 7.85. The summed E-state index contributed by atoms with van der Waals surface area (Å²) < 4.78 is 14.8. The lowest BCUT2D eigenvalue weighted by atomic mass is 10.0. The third-order valence-corrected chi connectivity index (χ3v) is 9.31. The van der Waals surface area contributed by atoms with Crippen LogP contribution in [0.25, 0.3) is 22.3 Å². The van der Waals surface area contributed by atoms with Crippen LogP contribution in [-0.2, 0) is 4.57 Å². The van der Waals surface area contributed by atoms with E-state index in [2.05, 4.69) is 12.1 Å². The van der Waals surface area contributed by atoms with Gasteiger partial charge in [0.2, 0.25) is 0 Å². The molecule has 0 atom stereocenters. The summed E-state index contributed by atoms with van der Waals surface area (Å²) in [7, 11) is -3.13. The molecule has 0 unspecified atom stereocenters. The molecule has 0 amide bonds. The van der Waals surface area contributed by atoms with Crippen LogP contribution in [0.2, 0.25) is 0 Å². The first-order chi connectivity index (χ1) is 17.6. The molecule has 0 N–H and O–H groups in total. The summed E-state index contributed by atoms with van der Waals surface area (Å²) in [6.07, 6.45) is 0. The average Bonchev–Trinajstić information content (AvgIpc) is 2.97. The zero-order valence-corrected chi connectivity index (χ0v) is 20.3. The van der Waals surface area contributed by atoms with Crippen molar-refractivity contribution in [2.75, 3.05) is 0 Å². The number of nitrogens with zero attached hydrogens (tertiary/aromatic N) is 2. The van der Waals surface area contributed by atoms with Crippen LogP contribution in [0.3, 0.4) is 0 Å². The molecule has 0 aliphatic rings.